The summed E-state index contributed by atoms with van der Waals surface area (Å²) in [4.78, 5) is 12.0. The minimum atomic E-state index is -3.02. The average Bonchev–Trinajstić information content (AvgIpc) is 2.33. The van der Waals surface area contributed by atoms with Crippen molar-refractivity contribution in [3.8, 4) is 5.75 Å². The van der Waals surface area contributed by atoms with Gasteiger partial charge in [-0.25, -0.2) is 0 Å². The lowest BCUT2D eigenvalue weighted by molar-refractivity contribution is -0.123. The smallest absolute Gasteiger partial charge is 0.387 e. The molecule has 0 fully saturated rings. The molecule has 1 amide bonds. The van der Waals surface area contributed by atoms with Crippen molar-refractivity contribution in [2.75, 3.05) is 11.9 Å². The Hall–Kier alpha value is -0.920. The van der Waals surface area contributed by atoms with Crippen molar-refractivity contribution in [3.63, 3.8) is 0 Å². The van der Waals surface area contributed by atoms with Gasteiger partial charge < -0.3 is 15.8 Å². The fourth-order valence-electron chi connectivity index (χ4n) is 1.25. The van der Waals surface area contributed by atoms with E-state index in [0.717, 1.165) is 0 Å². The maximum atomic E-state index is 12.4. The molecule has 8 heteroatoms. The zero-order valence-electron chi connectivity index (χ0n) is 10.8. The maximum Gasteiger partial charge on any atom is 0.387 e. The van der Waals surface area contributed by atoms with E-state index in [1.807, 2.05) is 0 Å². The Morgan fingerprint density at radius 3 is 2.65 bits per heavy atom. The summed E-state index contributed by atoms with van der Waals surface area (Å²) >= 11 is 8.91. The molecule has 0 heterocycles. The molecule has 4 nitrogen and oxygen atoms in total. The first-order valence-corrected chi connectivity index (χ1v) is 6.80. The molecule has 1 rings (SSSR count). The van der Waals surface area contributed by atoms with Crippen LogP contribution in [0.25, 0.3) is 0 Å². The van der Waals surface area contributed by atoms with Gasteiger partial charge in [0, 0.05) is 11.6 Å². The van der Waals surface area contributed by atoms with E-state index in [1.165, 1.54) is 12.1 Å². The van der Waals surface area contributed by atoms with Gasteiger partial charge in [0.1, 0.15) is 0 Å². The van der Waals surface area contributed by atoms with E-state index in [0.29, 0.717) is 0 Å². The number of carbonyl (C=O) groups excluding carboxylic acids is 1. The normalized spacial score (nSPS) is 11.6. The second-order valence-electron chi connectivity index (χ2n) is 4.68. The van der Waals surface area contributed by atoms with Crippen LogP contribution in [0.2, 0.25) is 5.02 Å². The summed E-state index contributed by atoms with van der Waals surface area (Å²) < 4.78 is 29.4. The molecule has 20 heavy (non-hydrogen) atoms. The summed E-state index contributed by atoms with van der Waals surface area (Å²) in [5, 5.41) is 2.76. The highest BCUT2D eigenvalue weighted by atomic mass is 79.9. The molecule has 0 aromatic heterocycles. The fourth-order valence-corrected chi connectivity index (χ4v) is 2.15. The van der Waals surface area contributed by atoms with Gasteiger partial charge in [-0.3, -0.25) is 4.79 Å². The van der Waals surface area contributed by atoms with E-state index < -0.39 is 17.9 Å². The number of amides is 1. The lowest BCUT2D eigenvalue weighted by atomic mass is 9.92. The zero-order valence-corrected chi connectivity index (χ0v) is 13.2. The Kier molecular flexibility index (Phi) is 5.73. The molecule has 0 atom stereocenters. The number of hydrogen-bond acceptors (Lipinski definition) is 3. The monoisotopic (exact) mass is 370 g/mol. The molecular weight excluding hydrogens is 357 g/mol. The highest BCUT2D eigenvalue weighted by Crippen LogP contribution is 2.38. The first kappa shape index (κ1) is 17.1. The second-order valence-corrected chi connectivity index (χ2v) is 5.98. The topological polar surface area (TPSA) is 64.4 Å². The molecule has 0 aliphatic carbocycles. The van der Waals surface area contributed by atoms with Crippen LogP contribution in [0.3, 0.4) is 0 Å². The number of rotatable bonds is 5. The summed E-state index contributed by atoms with van der Waals surface area (Å²) in [5.74, 6) is -0.612. The lowest BCUT2D eigenvalue weighted by Gasteiger charge is -2.22. The van der Waals surface area contributed by atoms with E-state index in [2.05, 4.69) is 26.0 Å². The zero-order chi connectivity index (χ0) is 15.5. The van der Waals surface area contributed by atoms with Crippen molar-refractivity contribution < 1.29 is 18.3 Å². The van der Waals surface area contributed by atoms with Gasteiger partial charge >= 0.3 is 6.61 Å². The van der Waals surface area contributed by atoms with Crippen LogP contribution in [0.4, 0.5) is 14.5 Å². The van der Waals surface area contributed by atoms with Crippen molar-refractivity contribution in [1.82, 2.24) is 0 Å². The van der Waals surface area contributed by atoms with Crippen molar-refractivity contribution in [2.24, 2.45) is 11.1 Å². The molecule has 1 aromatic carbocycles. The summed E-state index contributed by atoms with van der Waals surface area (Å²) in [6.45, 7) is 0.349. The van der Waals surface area contributed by atoms with E-state index in [-0.39, 0.29) is 27.5 Å². The number of anilines is 1. The van der Waals surface area contributed by atoms with Crippen LogP contribution in [-0.4, -0.2) is 19.1 Å². The lowest BCUT2D eigenvalue weighted by Crippen LogP contribution is -2.37. The number of benzene rings is 1. The first-order chi connectivity index (χ1) is 9.17. The number of alkyl halides is 2. The van der Waals surface area contributed by atoms with Crippen molar-refractivity contribution in [2.45, 2.75) is 20.5 Å². The number of halogens is 4. The molecule has 0 saturated carbocycles. The second kappa shape index (κ2) is 6.69. The van der Waals surface area contributed by atoms with Crippen LogP contribution in [-0.2, 0) is 4.79 Å². The minimum absolute atomic E-state index is 0.0520. The summed E-state index contributed by atoms with van der Waals surface area (Å²) in [6.07, 6.45) is 0. The van der Waals surface area contributed by atoms with Crippen LogP contribution in [0.5, 0.6) is 5.75 Å². The number of carbonyl (C=O) groups is 1. The number of nitrogens with one attached hydrogen (secondary N) is 1. The van der Waals surface area contributed by atoms with Gasteiger partial charge in [-0.2, -0.15) is 8.78 Å². The molecule has 1 aromatic rings. The molecular formula is C12H14BrClF2N2O2. The SMILES string of the molecule is CC(C)(CN)C(=O)Nc1cc(Cl)cc(Br)c1OC(F)F. The Balaban J connectivity index is 3.13. The number of hydrogen-bond donors (Lipinski definition) is 2. The Bertz CT molecular complexity index is 512. The molecule has 0 spiro atoms. The molecule has 0 radical (unpaired) electrons. The highest BCUT2D eigenvalue weighted by molar-refractivity contribution is 9.10. The van der Waals surface area contributed by atoms with Gasteiger partial charge in [0.05, 0.1) is 15.6 Å². The van der Waals surface area contributed by atoms with E-state index in [9.17, 15) is 13.6 Å². The van der Waals surface area contributed by atoms with Gasteiger partial charge in [0.2, 0.25) is 5.91 Å². The average molecular weight is 372 g/mol. The summed E-state index contributed by atoms with van der Waals surface area (Å²) in [5.41, 5.74) is 4.69. The number of nitrogens with two attached hydrogens (primary N) is 1. The molecule has 0 saturated heterocycles. The van der Waals surface area contributed by atoms with Crippen LogP contribution in [0, 0.1) is 5.41 Å². The fraction of sp³-hybridized carbons (Fsp3) is 0.417. The standard InChI is InChI=1S/C12H14BrClF2N2O2/c1-12(2,5-17)10(19)18-8-4-6(14)3-7(13)9(8)20-11(15)16/h3-4,11H,5,17H2,1-2H3,(H,18,19). The first-order valence-electron chi connectivity index (χ1n) is 5.62. The van der Waals surface area contributed by atoms with Crippen LogP contribution >= 0.6 is 27.5 Å². The quantitative estimate of drug-likeness (QED) is 0.831. The van der Waals surface area contributed by atoms with Gasteiger partial charge in [-0.05, 0) is 41.9 Å². The van der Waals surface area contributed by atoms with Crippen molar-refractivity contribution in [3.05, 3.63) is 21.6 Å². The van der Waals surface area contributed by atoms with Crippen LogP contribution in [0.1, 0.15) is 13.8 Å². The Morgan fingerprint density at radius 1 is 1.55 bits per heavy atom. The van der Waals surface area contributed by atoms with E-state index in [4.69, 9.17) is 17.3 Å². The van der Waals surface area contributed by atoms with Crippen LogP contribution < -0.4 is 15.8 Å². The minimum Gasteiger partial charge on any atom is -0.431 e. The van der Waals surface area contributed by atoms with Gasteiger partial charge in [-0.15, -0.1) is 0 Å². The Labute approximate surface area is 128 Å². The molecule has 3 N–H and O–H groups in total. The molecule has 0 bridgehead atoms. The largest absolute Gasteiger partial charge is 0.431 e. The summed E-state index contributed by atoms with van der Waals surface area (Å²) in [7, 11) is 0. The third kappa shape index (κ3) is 4.29. The van der Waals surface area contributed by atoms with Crippen molar-refractivity contribution in [1.29, 1.82) is 0 Å². The van der Waals surface area contributed by atoms with E-state index >= 15 is 0 Å². The molecule has 112 valence electrons. The van der Waals surface area contributed by atoms with Crippen molar-refractivity contribution >= 4 is 39.1 Å². The van der Waals surface area contributed by atoms with Gasteiger partial charge in [-0.1, -0.05) is 11.6 Å². The number of ether oxygens (including phenoxy) is 1. The van der Waals surface area contributed by atoms with E-state index in [1.54, 1.807) is 13.8 Å². The van der Waals surface area contributed by atoms with Crippen LogP contribution in [0.15, 0.2) is 16.6 Å². The van der Waals surface area contributed by atoms with Gasteiger partial charge in [0.15, 0.2) is 5.75 Å². The third-order valence-electron chi connectivity index (χ3n) is 2.59. The molecule has 0 aliphatic heterocycles. The maximum absolute atomic E-state index is 12.4. The molecule has 0 unspecified atom stereocenters. The predicted molar refractivity (Wildman–Crippen MR) is 77.2 cm³/mol. The predicted octanol–water partition coefficient (Wildman–Crippen LogP) is 3.63. The van der Waals surface area contributed by atoms with Gasteiger partial charge in [0.25, 0.3) is 0 Å². The summed E-state index contributed by atoms with van der Waals surface area (Å²) in [6, 6.07) is 2.72. The molecule has 0 aliphatic rings. The third-order valence-corrected chi connectivity index (χ3v) is 3.40. The Morgan fingerprint density at radius 2 is 2.15 bits per heavy atom. The highest BCUT2D eigenvalue weighted by Gasteiger charge is 2.27.